The van der Waals surface area contributed by atoms with Gasteiger partial charge in [-0.2, -0.15) is 0 Å². The molecule has 48 heavy (non-hydrogen) atoms. The first kappa shape index (κ1) is 41.1. The van der Waals surface area contributed by atoms with Gasteiger partial charge in [-0.3, -0.25) is 14.5 Å². The average molecular weight is 678 g/mol. The van der Waals surface area contributed by atoms with Gasteiger partial charge in [0.05, 0.1) is 25.9 Å². The summed E-state index contributed by atoms with van der Waals surface area (Å²) in [6.45, 7) is 20.6. The van der Waals surface area contributed by atoms with Crippen molar-refractivity contribution >= 4 is 17.9 Å². The van der Waals surface area contributed by atoms with Gasteiger partial charge >= 0.3 is 6.09 Å². The number of benzene rings is 1. The van der Waals surface area contributed by atoms with Crippen molar-refractivity contribution in [1.29, 1.82) is 0 Å². The number of amides is 3. The number of nitrogens with zero attached hydrogens (tertiary/aromatic N) is 1. The van der Waals surface area contributed by atoms with E-state index in [-0.39, 0.29) is 36.1 Å². The number of carbonyl (C=O) groups is 3. The van der Waals surface area contributed by atoms with Crippen molar-refractivity contribution in [2.75, 3.05) is 27.4 Å². The van der Waals surface area contributed by atoms with E-state index in [1.165, 1.54) is 0 Å². The van der Waals surface area contributed by atoms with Crippen molar-refractivity contribution in [3.8, 4) is 11.5 Å². The molecule has 0 radical (unpaired) electrons. The van der Waals surface area contributed by atoms with Crippen LogP contribution in [0, 0.1) is 23.7 Å². The van der Waals surface area contributed by atoms with E-state index < -0.39 is 41.4 Å². The summed E-state index contributed by atoms with van der Waals surface area (Å²) in [7, 11) is 3.30. The molecule has 0 bridgehead atoms. The van der Waals surface area contributed by atoms with Gasteiger partial charge in [0.25, 0.3) is 0 Å². The molecule has 3 amide bonds. The molecular formula is C37H63N3O8. The Hall–Kier alpha value is -3.05. The second kappa shape index (κ2) is 18.1. The molecule has 11 heteroatoms. The fourth-order valence-corrected chi connectivity index (χ4v) is 6.39. The molecule has 0 aliphatic carbocycles. The molecule has 5 atom stereocenters. The summed E-state index contributed by atoms with van der Waals surface area (Å²) in [5.41, 5.74) is 4.80. The van der Waals surface area contributed by atoms with E-state index in [4.69, 9.17) is 29.4 Å². The van der Waals surface area contributed by atoms with Crippen LogP contribution < -0.4 is 20.5 Å². The Labute approximate surface area is 288 Å². The molecule has 1 saturated heterocycles. The minimum absolute atomic E-state index is 0.0174. The molecular weight excluding hydrogens is 614 g/mol. The van der Waals surface area contributed by atoms with Gasteiger partial charge in [-0.05, 0) is 96.3 Å². The maximum absolute atomic E-state index is 13.9. The van der Waals surface area contributed by atoms with Crippen LogP contribution in [0.5, 0.6) is 11.5 Å². The number of hydrogen-bond donors (Lipinski definition) is 2. The van der Waals surface area contributed by atoms with Crippen molar-refractivity contribution in [3.05, 3.63) is 23.8 Å². The average Bonchev–Trinajstić information content (AvgIpc) is 3.20. The molecule has 1 fully saturated rings. The summed E-state index contributed by atoms with van der Waals surface area (Å²) in [4.78, 5) is 40.6. The minimum Gasteiger partial charge on any atom is -0.493 e. The van der Waals surface area contributed by atoms with Gasteiger partial charge < -0.3 is 34.7 Å². The van der Waals surface area contributed by atoms with Crippen molar-refractivity contribution in [2.24, 2.45) is 29.4 Å². The molecule has 274 valence electrons. The van der Waals surface area contributed by atoms with Gasteiger partial charge in [0.1, 0.15) is 11.3 Å². The SMILES string of the molecule is COCCCOc1cc(C[C@@H](C[C@H]2[C@H](C[C@H](C(=O)N[C@@H](C)CC(N)=O)C(C)C)OC(C)(C)N2C(=O)OC(C)(C)C)C(C)C)ccc1OC. The van der Waals surface area contributed by atoms with Crippen LogP contribution in [0.25, 0.3) is 0 Å². The van der Waals surface area contributed by atoms with Crippen LogP contribution in [0.3, 0.4) is 0 Å². The van der Waals surface area contributed by atoms with Gasteiger partial charge in [-0.15, -0.1) is 0 Å². The van der Waals surface area contributed by atoms with E-state index in [0.717, 1.165) is 18.4 Å². The molecule has 1 aliphatic rings. The molecule has 2 rings (SSSR count). The number of primary amides is 1. The van der Waals surface area contributed by atoms with Gasteiger partial charge in [0, 0.05) is 38.5 Å². The third kappa shape index (κ3) is 12.4. The second-order valence-electron chi connectivity index (χ2n) is 15.3. The zero-order chi connectivity index (χ0) is 36.4. The smallest absolute Gasteiger partial charge is 0.412 e. The lowest BCUT2D eigenvalue weighted by Crippen LogP contribution is -2.51. The summed E-state index contributed by atoms with van der Waals surface area (Å²) < 4.78 is 29.4. The molecule has 1 heterocycles. The van der Waals surface area contributed by atoms with E-state index in [1.807, 2.05) is 60.6 Å². The summed E-state index contributed by atoms with van der Waals surface area (Å²) in [5, 5.41) is 2.97. The number of nitrogens with one attached hydrogen (secondary N) is 1. The van der Waals surface area contributed by atoms with Crippen molar-refractivity contribution in [3.63, 3.8) is 0 Å². The first-order valence-corrected chi connectivity index (χ1v) is 17.4. The number of nitrogens with two attached hydrogens (primary N) is 1. The zero-order valence-corrected chi connectivity index (χ0v) is 31.5. The Morgan fingerprint density at radius 2 is 1.67 bits per heavy atom. The Morgan fingerprint density at radius 1 is 1.00 bits per heavy atom. The molecule has 3 N–H and O–H groups in total. The highest BCUT2D eigenvalue weighted by Crippen LogP contribution is 2.42. The van der Waals surface area contributed by atoms with E-state index in [0.29, 0.717) is 37.6 Å². The van der Waals surface area contributed by atoms with Crippen LogP contribution in [0.15, 0.2) is 18.2 Å². The van der Waals surface area contributed by atoms with Crippen LogP contribution >= 0.6 is 0 Å². The standard InChI is InChI=1S/C37H63N3O8/c1-23(2)27(19-26-14-15-30(45-12)32(20-26)46-17-13-16-44-11)21-29-31(47-37(9,10)40(29)35(43)48-36(6,7)8)22-28(24(3)4)34(42)39-25(5)18-33(38)41/h14-15,20,23-25,27-29,31H,13,16-19,21-22H2,1-12H3,(H2,38,41)(H,39,42)/t25-,27-,28-,29-,31-/m0/s1. The minimum atomic E-state index is -0.972. The first-order chi connectivity index (χ1) is 22.3. The lowest BCUT2D eigenvalue weighted by molar-refractivity contribution is -0.130. The van der Waals surface area contributed by atoms with Crippen LogP contribution in [-0.4, -0.2) is 79.8 Å². The topological polar surface area (TPSA) is 139 Å². The summed E-state index contributed by atoms with van der Waals surface area (Å²) in [6.07, 6.45) is 1.70. The van der Waals surface area contributed by atoms with Crippen LogP contribution in [0.4, 0.5) is 4.79 Å². The van der Waals surface area contributed by atoms with Crippen LogP contribution in [-0.2, 0) is 30.2 Å². The Balaban J connectivity index is 2.46. The zero-order valence-electron chi connectivity index (χ0n) is 31.5. The molecule has 0 unspecified atom stereocenters. The molecule has 1 aromatic carbocycles. The second-order valence-corrected chi connectivity index (χ2v) is 15.3. The van der Waals surface area contributed by atoms with E-state index >= 15 is 0 Å². The summed E-state index contributed by atoms with van der Waals surface area (Å²) in [5.74, 6) is 0.699. The maximum atomic E-state index is 13.9. The maximum Gasteiger partial charge on any atom is 0.412 e. The fraction of sp³-hybridized carbons (Fsp3) is 0.757. The number of methoxy groups -OCH3 is 2. The molecule has 0 saturated carbocycles. The highest BCUT2D eigenvalue weighted by molar-refractivity contribution is 5.81. The molecule has 1 aromatic rings. The number of rotatable bonds is 18. The third-order valence-electron chi connectivity index (χ3n) is 8.86. The Kier molecular flexibility index (Phi) is 15.5. The van der Waals surface area contributed by atoms with Crippen molar-refractivity contribution in [1.82, 2.24) is 10.2 Å². The predicted molar refractivity (Wildman–Crippen MR) is 187 cm³/mol. The summed E-state index contributed by atoms with van der Waals surface area (Å²) in [6, 6.07) is 5.27. The molecule has 1 aliphatic heterocycles. The number of ether oxygens (including phenoxy) is 5. The van der Waals surface area contributed by atoms with Crippen molar-refractivity contribution in [2.45, 2.75) is 131 Å². The largest absolute Gasteiger partial charge is 0.493 e. The molecule has 0 aromatic heterocycles. The number of carbonyl (C=O) groups excluding carboxylic acids is 3. The van der Waals surface area contributed by atoms with E-state index in [2.05, 4.69) is 25.2 Å². The predicted octanol–water partition coefficient (Wildman–Crippen LogP) is 6.10. The normalized spacial score (nSPS) is 19.6. The van der Waals surface area contributed by atoms with Crippen LogP contribution in [0.2, 0.25) is 0 Å². The first-order valence-electron chi connectivity index (χ1n) is 17.4. The molecule has 11 nitrogen and oxygen atoms in total. The highest BCUT2D eigenvalue weighted by Gasteiger charge is 2.52. The monoisotopic (exact) mass is 677 g/mol. The molecule has 0 spiro atoms. The quantitative estimate of drug-likeness (QED) is 0.178. The van der Waals surface area contributed by atoms with E-state index in [1.54, 1.807) is 26.0 Å². The summed E-state index contributed by atoms with van der Waals surface area (Å²) >= 11 is 0. The lowest BCUT2D eigenvalue weighted by Gasteiger charge is -2.37. The fourth-order valence-electron chi connectivity index (χ4n) is 6.39. The number of hydrogen-bond acceptors (Lipinski definition) is 8. The highest BCUT2D eigenvalue weighted by atomic mass is 16.6. The van der Waals surface area contributed by atoms with Crippen molar-refractivity contribution < 1.29 is 38.1 Å². The third-order valence-corrected chi connectivity index (χ3v) is 8.86. The van der Waals surface area contributed by atoms with Crippen LogP contribution in [0.1, 0.15) is 100 Å². The van der Waals surface area contributed by atoms with Gasteiger partial charge in [0.2, 0.25) is 11.8 Å². The Bertz CT molecular complexity index is 1200. The van der Waals surface area contributed by atoms with E-state index in [9.17, 15) is 14.4 Å². The lowest BCUT2D eigenvalue weighted by atomic mass is 9.80. The van der Waals surface area contributed by atoms with Gasteiger partial charge in [-0.1, -0.05) is 33.8 Å². The Morgan fingerprint density at radius 3 is 2.21 bits per heavy atom. The van der Waals surface area contributed by atoms with Gasteiger partial charge in [0.15, 0.2) is 11.5 Å². The van der Waals surface area contributed by atoms with Gasteiger partial charge in [-0.25, -0.2) is 4.79 Å².